The second kappa shape index (κ2) is 10.3. The molecule has 2 atom stereocenters. The van der Waals surface area contributed by atoms with Crippen molar-refractivity contribution >= 4 is 5.91 Å². The number of carbonyl (C=O) groups excluding carboxylic acids is 1. The first kappa shape index (κ1) is 23.1. The molecule has 2 heterocycles. The first-order chi connectivity index (χ1) is 15.9. The second-order valence-electron chi connectivity index (χ2n) is 8.65. The van der Waals surface area contributed by atoms with Crippen molar-refractivity contribution in [3.63, 3.8) is 0 Å². The van der Waals surface area contributed by atoms with Gasteiger partial charge >= 0.3 is 0 Å². The van der Waals surface area contributed by atoms with E-state index in [0.717, 1.165) is 36.6 Å². The van der Waals surface area contributed by atoms with E-state index in [1.54, 1.807) is 23.0 Å². The van der Waals surface area contributed by atoms with Crippen molar-refractivity contribution in [2.75, 3.05) is 13.1 Å². The summed E-state index contributed by atoms with van der Waals surface area (Å²) in [5, 5.41) is 7.45. The molecule has 7 heteroatoms. The standard InChI is InChI=1S/C26H31FN4O2/c1-4-25-24(14-29-31(25)23-11-9-22(27)10-12-23)26(32)28-13-20-7-5-6-8-21(20)17-30-15-18(2)33-19(3)16-30/h5-12,14,18-19H,4,13,15-17H2,1-3H3,(H,28,32). The van der Waals surface area contributed by atoms with Crippen LogP contribution in [0.15, 0.2) is 54.7 Å². The van der Waals surface area contributed by atoms with E-state index < -0.39 is 0 Å². The highest BCUT2D eigenvalue weighted by Gasteiger charge is 2.23. The van der Waals surface area contributed by atoms with Gasteiger partial charge in [-0.3, -0.25) is 9.69 Å². The normalized spacial score (nSPS) is 18.9. The van der Waals surface area contributed by atoms with Crippen LogP contribution >= 0.6 is 0 Å². The summed E-state index contributed by atoms with van der Waals surface area (Å²) in [7, 11) is 0. The van der Waals surface area contributed by atoms with E-state index in [4.69, 9.17) is 4.74 Å². The molecule has 1 fully saturated rings. The molecule has 0 bridgehead atoms. The van der Waals surface area contributed by atoms with Crippen LogP contribution < -0.4 is 5.32 Å². The number of hydrogen-bond donors (Lipinski definition) is 1. The van der Waals surface area contributed by atoms with E-state index in [2.05, 4.69) is 41.3 Å². The molecule has 0 radical (unpaired) electrons. The monoisotopic (exact) mass is 450 g/mol. The Morgan fingerprint density at radius 2 is 1.76 bits per heavy atom. The minimum absolute atomic E-state index is 0.163. The minimum atomic E-state index is -0.304. The molecule has 0 saturated carbocycles. The molecule has 0 aliphatic carbocycles. The Morgan fingerprint density at radius 3 is 2.42 bits per heavy atom. The third kappa shape index (κ3) is 5.49. The van der Waals surface area contributed by atoms with E-state index in [0.29, 0.717) is 18.5 Å². The lowest BCUT2D eigenvalue weighted by Crippen LogP contribution is -2.45. The summed E-state index contributed by atoms with van der Waals surface area (Å²) < 4.78 is 20.8. The Labute approximate surface area is 194 Å². The number of nitrogens with zero attached hydrogens (tertiary/aromatic N) is 3. The average molecular weight is 451 g/mol. The number of morpholine rings is 1. The number of amides is 1. The molecule has 1 aliphatic heterocycles. The summed E-state index contributed by atoms with van der Waals surface area (Å²) in [5.41, 5.74) is 4.36. The smallest absolute Gasteiger partial charge is 0.255 e. The van der Waals surface area contributed by atoms with Gasteiger partial charge in [-0.25, -0.2) is 9.07 Å². The van der Waals surface area contributed by atoms with Gasteiger partial charge in [-0.2, -0.15) is 5.10 Å². The lowest BCUT2D eigenvalue weighted by molar-refractivity contribution is -0.0705. The van der Waals surface area contributed by atoms with Crippen LogP contribution in [0, 0.1) is 5.82 Å². The fraction of sp³-hybridized carbons (Fsp3) is 0.385. The van der Waals surface area contributed by atoms with Gasteiger partial charge in [0.05, 0.1) is 35.3 Å². The number of nitrogens with one attached hydrogen (secondary N) is 1. The summed E-state index contributed by atoms with van der Waals surface area (Å²) in [6.45, 7) is 9.24. The molecule has 4 rings (SSSR count). The Bertz CT molecular complexity index is 1090. The number of ether oxygens (including phenoxy) is 1. The molecule has 6 nitrogen and oxygen atoms in total. The highest BCUT2D eigenvalue weighted by molar-refractivity contribution is 5.95. The van der Waals surface area contributed by atoms with Crippen molar-refractivity contribution in [1.29, 1.82) is 0 Å². The summed E-state index contributed by atoms with van der Waals surface area (Å²) in [4.78, 5) is 15.4. The molecular formula is C26H31FN4O2. The topological polar surface area (TPSA) is 59.4 Å². The van der Waals surface area contributed by atoms with Gasteiger partial charge in [-0.15, -0.1) is 0 Å². The maximum Gasteiger partial charge on any atom is 0.255 e. The molecule has 33 heavy (non-hydrogen) atoms. The lowest BCUT2D eigenvalue weighted by atomic mass is 10.1. The first-order valence-corrected chi connectivity index (χ1v) is 11.5. The molecular weight excluding hydrogens is 419 g/mol. The van der Waals surface area contributed by atoms with E-state index in [9.17, 15) is 9.18 Å². The zero-order chi connectivity index (χ0) is 23.4. The van der Waals surface area contributed by atoms with Gasteiger partial charge in [-0.05, 0) is 55.7 Å². The number of rotatable bonds is 7. The van der Waals surface area contributed by atoms with Gasteiger partial charge in [0.15, 0.2) is 0 Å². The van der Waals surface area contributed by atoms with Crippen LogP contribution in [0.5, 0.6) is 0 Å². The summed E-state index contributed by atoms with van der Waals surface area (Å²) >= 11 is 0. The predicted octanol–water partition coefficient (Wildman–Crippen LogP) is 4.11. The predicted molar refractivity (Wildman–Crippen MR) is 126 cm³/mol. The van der Waals surface area contributed by atoms with Crippen molar-refractivity contribution in [3.05, 3.63) is 82.9 Å². The average Bonchev–Trinajstić information content (AvgIpc) is 3.22. The fourth-order valence-electron chi connectivity index (χ4n) is 4.52. The van der Waals surface area contributed by atoms with Gasteiger partial charge in [0.2, 0.25) is 0 Å². The molecule has 3 aromatic rings. The number of carbonyl (C=O) groups is 1. The number of aromatic nitrogens is 2. The van der Waals surface area contributed by atoms with Gasteiger partial charge < -0.3 is 10.1 Å². The molecule has 0 spiro atoms. The van der Waals surface area contributed by atoms with Crippen LogP contribution in [-0.4, -0.2) is 45.9 Å². The van der Waals surface area contributed by atoms with Crippen LogP contribution in [-0.2, 0) is 24.2 Å². The SMILES string of the molecule is CCc1c(C(=O)NCc2ccccc2CN2CC(C)OC(C)C2)cnn1-c1ccc(F)cc1. The first-order valence-electron chi connectivity index (χ1n) is 11.5. The minimum Gasteiger partial charge on any atom is -0.373 e. The van der Waals surface area contributed by atoms with Crippen molar-refractivity contribution in [3.8, 4) is 5.69 Å². The number of benzene rings is 2. The Balaban J connectivity index is 1.46. The van der Waals surface area contributed by atoms with Gasteiger partial charge in [0, 0.05) is 26.2 Å². The maximum absolute atomic E-state index is 13.3. The van der Waals surface area contributed by atoms with Crippen LogP contribution in [0.2, 0.25) is 0 Å². The second-order valence-corrected chi connectivity index (χ2v) is 8.65. The van der Waals surface area contributed by atoms with Crippen molar-refractivity contribution in [1.82, 2.24) is 20.0 Å². The molecule has 2 unspecified atom stereocenters. The van der Waals surface area contributed by atoms with Gasteiger partial charge in [-0.1, -0.05) is 31.2 Å². The third-order valence-corrected chi connectivity index (χ3v) is 5.97. The molecule has 1 aromatic heterocycles. The summed E-state index contributed by atoms with van der Waals surface area (Å²) in [6, 6.07) is 14.3. The van der Waals surface area contributed by atoms with Crippen LogP contribution in [0.1, 0.15) is 48.0 Å². The quantitative estimate of drug-likeness (QED) is 0.589. The number of halogens is 1. The fourth-order valence-corrected chi connectivity index (χ4v) is 4.52. The van der Waals surface area contributed by atoms with Crippen molar-refractivity contribution < 1.29 is 13.9 Å². The van der Waals surface area contributed by atoms with Crippen molar-refractivity contribution in [2.45, 2.75) is 52.5 Å². The molecule has 1 amide bonds. The Kier molecular flexibility index (Phi) is 7.20. The molecule has 1 aliphatic rings. The lowest BCUT2D eigenvalue weighted by Gasteiger charge is -2.35. The van der Waals surface area contributed by atoms with Gasteiger partial charge in [0.25, 0.3) is 5.91 Å². The molecule has 1 N–H and O–H groups in total. The summed E-state index contributed by atoms with van der Waals surface area (Å²) in [5.74, 6) is -0.467. The van der Waals surface area contributed by atoms with E-state index in [1.807, 2.05) is 19.1 Å². The highest BCUT2D eigenvalue weighted by Crippen LogP contribution is 2.19. The van der Waals surface area contributed by atoms with Gasteiger partial charge in [0.1, 0.15) is 5.82 Å². The zero-order valence-electron chi connectivity index (χ0n) is 19.4. The molecule has 174 valence electrons. The van der Waals surface area contributed by atoms with E-state index >= 15 is 0 Å². The van der Waals surface area contributed by atoms with Crippen LogP contribution in [0.3, 0.4) is 0 Å². The Morgan fingerprint density at radius 1 is 1.09 bits per heavy atom. The number of hydrogen-bond acceptors (Lipinski definition) is 4. The van der Waals surface area contributed by atoms with Crippen LogP contribution in [0.25, 0.3) is 5.69 Å². The van der Waals surface area contributed by atoms with E-state index in [-0.39, 0.29) is 23.9 Å². The third-order valence-electron chi connectivity index (χ3n) is 5.97. The summed E-state index contributed by atoms with van der Waals surface area (Å²) in [6.07, 6.45) is 2.64. The largest absolute Gasteiger partial charge is 0.373 e. The zero-order valence-corrected chi connectivity index (χ0v) is 19.4. The van der Waals surface area contributed by atoms with E-state index in [1.165, 1.54) is 17.7 Å². The van der Waals surface area contributed by atoms with Crippen LogP contribution in [0.4, 0.5) is 4.39 Å². The maximum atomic E-state index is 13.3. The molecule has 1 saturated heterocycles. The van der Waals surface area contributed by atoms with Crippen molar-refractivity contribution in [2.24, 2.45) is 0 Å². The molecule has 2 aromatic carbocycles. The highest BCUT2D eigenvalue weighted by atomic mass is 19.1. The Hall–Kier alpha value is -3.03.